The summed E-state index contributed by atoms with van der Waals surface area (Å²) >= 11 is 0. The Bertz CT molecular complexity index is 306. The minimum absolute atomic E-state index is 0.660. The smallest absolute Gasteiger partial charge is 0.0133 e. The molecular formula is C15H23N. The molecule has 1 saturated carbocycles. The van der Waals surface area contributed by atoms with Crippen molar-refractivity contribution in [3.63, 3.8) is 0 Å². The van der Waals surface area contributed by atoms with Gasteiger partial charge in [0.15, 0.2) is 0 Å². The van der Waals surface area contributed by atoms with Gasteiger partial charge in [0, 0.05) is 6.04 Å². The summed E-state index contributed by atoms with van der Waals surface area (Å²) < 4.78 is 0. The van der Waals surface area contributed by atoms with Gasteiger partial charge in [-0.05, 0) is 43.7 Å². The third-order valence-corrected chi connectivity index (χ3v) is 3.97. The number of nitrogens with one attached hydrogen (secondary N) is 1. The van der Waals surface area contributed by atoms with Crippen molar-refractivity contribution in [1.29, 1.82) is 0 Å². The fourth-order valence-electron chi connectivity index (χ4n) is 2.99. The molecule has 0 aliphatic heterocycles. The summed E-state index contributed by atoms with van der Waals surface area (Å²) in [7, 11) is 2.11. The molecule has 88 valence electrons. The van der Waals surface area contributed by atoms with Crippen LogP contribution >= 0.6 is 0 Å². The fourth-order valence-corrected chi connectivity index (χ4v) is 2.99. The second kappa shape index (κ2) is 5.49. The van der Waals surface area contributed by atoms with Crippen LogP contribution in [-0.2, 0) is 6.42 Å². The van der Waals surface area contributed by atoms with E-state index in [9.17, 15) is 0 Å². The van der Waals surface area contributed by atoms with Crippen molar-refractivity contribution >= 4 is 0 Å². The molecule has 1 aliphatic carbocycles. The zero-order valence-electron chi connectivity index (χ0n) is 10.4. The van der Waals surface area contributed by atoms with Gasteiger partial charge in [-0.3, -0.25) is 0 Å². The maximum atomic E-state index is 3.51. The molecule has 1 heteroatoms. The van der Waals surface area contributed by atoms with Gasteiger partial charge >= 0.3 is 0 Å². The van der Waals surface area contributed by atoms with Crippen LogP contribution in [-0.4, -0.2) is 13.1 Å². The summed E-state index contributed by atoms with van der Waals surface area (Å²) in [6.45, 7) is 2.38. The Morgan fingerprint density at radius 3 is 2.56 bits per heavy atom. The Labute approximate surface area is 99.3 Å². The van der Waals surface area contributed by atoms with Crippen molar-refractivity contribution in [2.45, 2.75) is 38.6 Å². The Hall–Kier alpha value is -0.820. The van der Waals surface area contributed by atoms with Crippen LogP contribution in [0.3, 0.4) is 0 Å². The number of hydrogen-bond acceptors (Lipinski definition) is 1. The zero-order valence-corrected chi connectivity index (χ0v) is 10.4. The highest BCUT2D eigenvalue weighted by atomic mass is 14.9. The predicted octanol–water partition coefficient (Wildman–Crippen LogP) is 3.25. The van der Waals surface area contributed by atoms with E-state index in [2.05, 4.69) is 49.6 Å². The number of benzene rings is 1. The first-order valence-electron chi connectivity index (χ1n) is 6.50. The average Bonchev–Trinajstić information content (AvgIpc) is 2.74. The van der Waals surface area contributed by atoms with E-state index < -0.39 is 0 Å². The van der Waals surface area contributed by atoms with Gasteiger partial charge in [0.25, 0.3) is 0 Å². The molecule has 16 heavy (non-hydrogen) atoms. The van der Waals surface area contributed by atoms with Crippen molar-refractivity contribution in [3.05, 3.63) is 35.9 Å². The number of likely N-dealkylation sites (N-methyl/N-ethyl adjacent to an activating group) is 1. The number of rotatable bonds is 4. The van der Waals surface area contributed by atoms with Crippen molar-refractivity contribution in [1.82, 2.24) is 5.32 Å². The quantitative estimate of drug-likeness (QED) is 0.816. The van der Waals surface area contributed by atoms with Crippen LogP contribution < -0.4 is 5.32 Å². The number of hydrogen-bond donors (Lipinski definition) is 1. The molecule has 0 radical (unpaired) electrons. The summed E-state index contributed by atoms with van der Waals surface area (Å²) in [5.74, 6) is 1.80. The highest BCUT2D eigenvalue weighted by molar-refractivity contribution is 5.16. The zero-order chi connectivity index (χ0) is 11.4. The van der Waals surface area contributed by atoms with Gasteiger partial charge in [-0.15, -0.1) is 0 Å². The van der Waals surface area contributed by atoms with E-state index in [1.165, 1.54) is 31.2 Å². The monoisotopic (exact) mass is 217 g/mol. The maximum Gasteiger partial charge on any atom is 0.0133 e. The van der Waals surface area contributed by atoms with Crippen molar-refractivity contribution in [2.75, 3.05) is 7.05 Å². The first-order chi connectivity index (χ1) is 7.79. The SMILES string of the molecule is CNC(Cc1ccccc1)C1CCC(C)C1. The van der Waals surface area contributed by atoms with Crippen LogP contribution in [0.4, 0.5) is 0 Å². The summed E-state index contributed by atoms with van der Waals surface area (Å²) in [6.07, 6.45) is 5.39. The van der Waals surface area contributed by atoms with Gasteiger partial charge in [0.2, 0.25) is 0 Å². The Morgan fingerprint density at radius 1 is 1.25 bits per heavy atom. The van der Waals surface area contributed by atoms with E-state index in [0.717, 1.165) is 11.8 Å². The molecular weight excluding hydrogens is 194 g/mol. The first kappa shape index (κ1) is 11.7. The van der Waals surface area contributed by atoms with Gasteiger partial charge < -0.3 is 5.32 Å². The summed E-state index contributed by atoms with van der Waals surface area (Å²) in [5, 5.41) is 3.51. The van der Waals surface area contributed by atoms with Crippen LogP contribution in [0.15, 0.2) is 30.3 Å². The molecule has 2 rings (SSSR count). The van der Waals surface area contributed by atoms with Crippen LogP contribution in [0.25, 0.3) is 0 Å². The van der Waals surface area contributed by atoms with Crippen LogP contribution in [0.5, 0.6) is 0 Å². The average molecular weight is 217 g/mol. The van der Waals surface area contributed by atoms with E-state index in [0.29, 0.717) is 6.04 Å². The molecule has 1 aromatic rings. The molecule has 0 spiro atoms. The third kappa shape index (κ3) is 2.85. The molecule has 3 unspecified atom stereocenters. The predicted molar refractivity (Wildman–Crippen MR) is 69.5 cm³/mol. The molecule has 0 saturated heterocycles. The lowest BCUT2D eigenvalue weighted by Crippen LogP contribution is -2.34. The molecule has 3 atom stereocenters. The van der Waals surface area contributed by atoms with Crippen molar-refractivity contribution < 1.29 is 0 Å². The second-order valence-electron chi connectivity index (χ2n) is 5.26. The molecule has 1 aromatic carbocycles. The minimum Gasteiger partial charge on any atom is -0.316 e. The summed E-state index contributed by atoms with van der Waals surface area (Å²) in [6, 6.07) is 11.5. The van der Waals surface area contributed by atoms with Crippen LogP contribution in [0, 0.1) is 11.8 Å². The van der Waals surface area contributed by atoms with Gasteiger partial charge in [0.1, 0.15) is 0 Å². The Morgan fingerprint density at radius 2 is 2.00 bits per heavy atom. The molecule has 1 nitrogen and oxygen atoms in total. The minimum atomic E-state index is 0.660. The van der Waals surface area contributed by atoms with Crippen LogP contribution in [0.1, 0.15) is 31.7 Å². The van der Waals surface area contributed by atoms with E-state index in [-0.39, 0.29) is 0 Å². The van der Waals surface area contributed by atoms with E-state index in [1.54, 1.807) is 0 Å². The lowest BCUT2D eigenvalue weighted by atomic mass is 9.91. The normalized spacial score (nSPS) is 26.9. The van der Waals surface area contributed by atoms with E-state index in [1.807, 2.05) is 0 Å². The molecule has 0 bridgehead atoms. The van der Waals surface area contributed by atoms with Gasteiger partial charge in [0.05, 0.1) is 0 Å². The van der Waals surface area contributed by atoms with Crippen LogP contribution in [0.2, 0.25) is 0 Å². The van der Waals surface area contributed by atoms with E-state index in [4.69, 9.17) is 0 Å². The molecule has 1 fully saturated rings. The lowest BCUT2D eigenvalue weighted by Gasteiger charge is -2.23. The van der Waals surface area contributed by atoms with Gasteiger partial charge in [-0.2, -0.15) is 0 Å². The lowest BCUT2D eigenvalue weighted by molar-refractivity contribution is 0.367. The standard InChI is InChI=1S/C15H23N/c1-12-8-9-14(10-12)15(16-2)11-13-6-4-3-5-7-13/h3-7,12,14-16H,8-11H2,1-2H3. The van der Waals surface area contributed by atoms with E-state index >= 15 is 0 Å². The summed E-state index contributed by atoms with van der Waals surface area (Å²) in [5.41, 5.74) is 1.46. The molecule has 1 aliphatic rings. The fraction of sp³-hybridized carbons (Fsp3) is 0.600. The molecule has 0 heterocycles. The van der Waals surface area contributed by atoms with Gasteiger partial charge in [-0.25, -0.2) is 0 Å². The second-order valence-corrected chi connectivity index (χ2v) is 5.26. The summed E-state index contributed by atoms with van der Waals surface area (Å²) in [4.78, 5) is 0. The first-order valence-corrected chi connectivity index (χ1v) is 6.50. The largest absolute Gasteiger partial charge is 0.316 e. The maximum absolute atomic E-state index is 3.51. The van der Waals surface area contributed by atoms with Gasteiger partial charge in [-0.1, -0.05) is 43.7 Å². The highest BCUT2D eigenvalue weighted by Crippen LogP contribution is 2.33. The Kier molecular flexibility index (Phi) is 4.00. The molecule has 1 N–H and O–H groups in total. The topological polar surface area (TPSA) is 12.0 Å². The third-order valence-electron chi connectivity index (χ3n) is 3.97. The Balaban J connectivity index is 1.96. The van der Waals surface area contributed by atoms with Crippen molar-refractivity contribution in [2.24, 2.45) is 11.8 Å². The molecule has 0 aromatic heterocycles. The highest BCUT2D eigenvalue weighted by Gasteiger charge is 2.27. The van der Waals surface area contributed by atoms with Crippen molar-refractivity contribution in [3.8, 4) is 0 Å². The molecule has 0 amide bonds.